The van der Waals surface area contributed by atoms with E-state index in [9.17, 15) is 5.11 Å². The fraction of sp³-hybridized carbons (Fsp3) is 0.556. The number of rotatable bonds is 6. The molecule has 0 fully saturated rings. The third kappa shape index (κ3) is 3.80. The standard InChI is InChI=1S/C9H15ClN4O2/c1-11-9-13-4-7(10)8(14-9)12-3-6(15)5-16-2/h4,6,15H,3,5H2,1-2H3,(H2,11,12,13,14). The number of hydrogen-bond acceptors (Lipinski definition) is 6. The monoisotopic (exact) mass is 246 g/mol. The number of aromatic nitrogens is 2. The first-order chi connectivity index (χ1) is 7.67. The molecule has 1 rings (SSSR count). The zero-order valence-corrected chi connectivity index (χ0v) is 9.95. The topological polar surface area (TPSA) is 79.3 Å². The zero-order chi connectivity index (χ0) is 12.0. The highest BCUT2D eigenvalue weighted by atomic mass is 35.5. The molecule has 0 saturated heterocycles. The van der Waals surface area contributed by atoms with Gasteiger partial charge in [-0.3, -0.25) is 0 Å². The summed E-state index contributed by atoms with van der Waals surface area (Å²) in [7, 11) is 3.24. The Labute approximate surface area is 99.0 Å². The minimum Gasteiger partial charge on any atom is -0.389 e. The third-order valence-corrected chi connectivity index (χ3v) is 2.11. The number of aliphatic hydroxyl groups is 1. The molecule has 7 heteroatoms. The largest absolute Gasteiger partial charge is 0.389 e. The van der Waals surface area contributed by atoms with Crippen LogP contribution in [0.3, 0.4) is 0 Å². The summed E-state index contributed by atoms with van der Waals surface area (Å²) >= 11 is 5.89. The van der Waals surface area contributed by atoms with Gasteiger partial charge in [-0.05, 0) is 0 Å². The molecule has 1 aromatic rings. The van der Waals surface area contributed by atoms with Crippen LogP contribution in [-0.4, -0.2) is 48.5 Å². The van der Waals surface area contributed by atoms with Gasteiger partial charge in [0, 0.05) is 20.7 Å². The average Bonchev–Trinajstić information content (AvgIpc) is 2.28. The number of aliphatic hydroxyl groups excluding tert-OH is 1. The van der Waals surface area contributed by atoms with Crippen molar-refractivity contribution < 1.29 is 9.84 Å². The highest BCUT2D eigenvalue weighted by Crippen LogP contribution is 2.18. The predicted octanol–water partition coefficient (Wildman–Crippen LogP) is 0.591. The molecule has 0 bridgehead atoms. The normalized spacial score (nSPS) is 12.2. The Bertz CT molecular complexity index is 337. The molecule has 1 heterocycles. The van der Waals surface area contributed by atoms with Crippen molar-refractivity contribution in [3.63, 3.8) is 0 Å². The first-order valence-corrected chi connectivity index (χ1v) is 5.16. The van der Waals surface area contributed by atoms with Crippen LogP contribution in [0.25, 0.3) is 0 Å². The summed E-state index contributed by atoms with van der Waals surface area (Å²) in [5, 5.41) is 15.6. The van der Waals surface area contributed by atoms with E-state index in [1.807, 2.05) is 0 Å². The minimum absolute atomic E-state index is 0.259. The van der Waals surface area contributed by atoms with Crippen molar-refractivity contribution in [2.24, 2.45) is 0 Å². The zero-order valence-electron chi connectivity index (χ0n) is 9.20. The summed E-state index contributed by atoms with van der Waals surface area (Å²) in [5.74, 6) is 0.948. The van der Waals surface area contributed by atoms with E-state index in [0.717, 1.165) is 0 Å². The Hall–Kier alpha value is -1.11. The highest BCUT2D eigenvalue weighted by molar-refractivity contribution is 6.32. The molecule has 1 aromatic heterocycles. The van der Waals surface area contributed by atoms with Crippen LogP contribution >= 0.6 is 11.6 Å². The molecule has 0 aliphatic heterocycles. The quantitative estimate of drug-likeness (QED) is 0.682. The molecule has 1 atom stereocenters. The number of nitrogens with zero attached hydrogens (tertiary/aromatic N) is 2. The molecular weight excluding hydrogens is 232 g/mol. The molecule has 0 aliphatic carbocycles. The van der Waals surface area contributed by atoms with Crippen molar-refractivity contribution in [1.29, 1.82) is 0 Å². The Morgan fingerprint density at radius 1 is 1.62 bits per heavy atom. The van der Waals surface area contributed by atoms with Crippen molar-refractivity contribution in [1.82, 2.24) is 9.97 Å². The van der Waals surface area contributed by atoms with Crippen molar-refractivity contribution in [3.8, 4) is 0 Å². The van der Waals surface area contributed by atoms with Gasteiger partial charge in [-0.1, -0.05) is 11.6 Å². The molecular formula is C9H15ClN4O2. The van der Waals surface area contributed by atoms with Gasteiger partial charge in [0.05, 0.1) is 18.9 Å². The van der Waals surface area contributed by atoms with Crippen LogP contribution in [0.5, 0.6) is 0 Å². The summed E-state index contributed by atoms with van der Waals surface area (Å²) in [6.45, 7) is 0.572. The van der Waals surface area contributed by atoms with E-state index >= 15 is 0 Å². The van der Waals surface area contributed by atoms with Crippen LogP contribution in [0.1, 0.15) is 0 Å². The fourth-order valence-electron chi connectivity index (χ4n) is 1.08. The Morgan fingerprint density at radius 3 is 3.00 bits per heavy atom. The van der Waals surface area contributed by atoms with Gasteiger partial charge in [0.2, 0.25) is 5.95 Å². The van der Waals surface area contributed by atoms with Gasteiger partial charge in [0.15, 0.2) is 5.82 Å². The summed E-state index contributed by atoms with van der Waals surface area (Å²) < 4.78 is 4.80. The van der Waals surface area contributed by atoms with E-state index in [2.05, 4.69) is 20.6 Å². The Balaban J connectivity index is 2.58. The lowest BCUT2D eigenvalue weighted by atomic mass is 10.4. The van der Waals surface area contributed by atoms with Crippen molar-refractivity contribution in [2.75, 3.05) is 37.9 Å². The van der Waals surface area contributed by atoms with Crippen LogP contribution in [0.2, 0.25) is 5.02 Å². The second-order valence-corrected chi connectivity index (χ2v) is 3.54. The predicted molar refractivity (Wildman–Crippen MR) is 63.0 cm³/mol. The van der Waals surface area contributed by atoms with Crippen molar-refractivity contribution in [2.45, 2.75) is 6.10 Å². The molecule has 0 aliphatic rings. The average molecular weight is 247 g/mol. The molecule has 0 spiro atoms. The number of anilines is 2. The maximum atomic E-state index is 9.44. The second-order valence-electron chi connectivity index (χ2n) is 3.13. The first-order valence-electron chi connectivity index (χ1n) is 4.78. The summed E-state index contributed by atoms with van der Waals surface area (Å²) in [5.41, 5.74) is 0. The smallest absolute Gasteiger partial charge is 0.224 e. The van der Waals surface area contributed by atoms with Gasteiger partial charge in [0.25, 0.3) is 0 Å². The summed E-state index contributed by atoms with van der Waals surface area (Å²) in [6.07, 6.45) is 0.889. The summed E-state index contributed by atoms with van der Waals surface area (Å²) in [6, 6.07) is 0. The molecule has 16 heavy (non-hydrogen) atoms. The number of halogens is 1. The van der Waals surface area contributed by atoms with Crippen LogP contribution in [0, 0.1) is 0 Å². The van der Waals surface area contributed by atoms with Crippen LogP contribution in [0.4, 0.5) is 11.8 Å². The van der Waals surface area contributed by atoms with Gasteiger partial charge in [-0.2, -0.15) is 4.98 Å². The lowest BCUT2D eigenvalue weighted by molar-refractivity contribution is 0.0727. The van der Waals surface area contributed by atoms with Crippen LogP contribution in [-0.2, 0) is 4.74 Å². The molecule has 3 N–H and O–H groups in total. The SMILES string of the molecule is CNc1ncc(Cl)c(NCC(O)COC)n1. The summed E-state index contributed by atoms with van der Waals surface area (Å²) in [4.78, 5) is 8.05. The van der Waals surface area contributed by atoms with E-state index < -0.39 is 6.10 Å². The van der Waals surface area contributed by atoms with E-state index in [-0.39, 0.29) is 6.61 Å². The van der Waals surface area contributed by atoms with E-state index in [1.54, 1.807) is 7.05 Å². The molecule has 0 amide bonds. The van der Waals surface area contributed by atoms with Gasteiger partial charge in [-0.25, -0.2) is 4.98 Å². The Morgan fingerprint density at radius 2 is 2.38 bits per heavy atom. The number of methoxy groups -OCH3 is 1. The maximum Gasteiger partial charge on any atom is 0.224 e. The fourth-order valence-corrected chi connectivity index (χ4v) is 1.24. The molecule has 1 unspecified atom stereocenters. The van der Waals surface area contributed by atoms with Gasteiger partial charge in [0.1, 0.15) is 5.02 Å². The lowest BCUT2D eigenvalue weighted by Gasteiger charge is -2.12. The molecule has 0 aromatic carbocycles. The third-order valence-electron chi connectivity index (χ3n) is 1.83. The first kappa shape index (κ1) is 13.0. The minimum atomic E-state index is -0.603. The van der Waals surface area contributed by atoms with E-state index in [1.165, 1.54) is 13.3 Å². The van der Waals surface area contributed by atoms with Crippen LogP contribution < -0.4 is 10.6 Å². The molecule has 0 saturated carbocycles. The Kier molecular flexibility index (Phi) is 5.24. The molecule has 6 nitrogen and oxygen atoms in total. The van der Waals surface area contributed by atoms with Crippen LogP contribution in [0.15, 0.2) is 6.20 Å². The van der Waals surface area contributed by atoms with Crippen molar-refractivity contribution >= 4 is 23.4 Å². The number of hydrogen-bond donors (Lipinski definition) is 3. The van der Waals surface area contributed by atoms with E-state index in [4.69, 9.17) is 16.3 Å². The lowest BCUT2D eigenvalue weighted by Crippen LogP contribution is -2.24. The van der Waals surface area contributed by atoms with Crippen molar-refractivity contribution in [3.05, 3.63) is 11.2 Å². The molecule has 0 radical (unpaired) electrons. The van der Waals surface area contributed by atoms with Gasteiger partial charge < -0.3 is 20.5 Å². The second kappa shape index (κ2) is 6.47. The highest BCUT2D eigenvalue weighted by Gasteiger charge is 2.07. The van der Waals surface area contributed by atoms with E-state index in [0.29, 0.717) is 23.3 Å². The number of nitrogens with one attached hydrogen (secondary N) is 2. The maximum absolute atomic E-state index is 9.44. The van der Waals surface area contributed by atoms with Gasteiger partial charge >= 0.3 is 0 Å². The molecule has 90 valence electrons. The number of ether oxygens (including phenoxy) is 1. The van der Waals surface area contributed by atoms with Gasteiger partial charge in [-0.15, -0.1) is 0 Å².